The van der Waals surface area contributed by atoms with Gasteiger partial charge in [-0.25, -0.2) is 14.9 Å². The Morgan fingerprint density at radius 3 is 2.33 bits per heavy atom. The Morgan fingerprint density at radius 1 is 1.04 bits per heavy atom. The maximum absolute atomic E-state index is 13.0. The molecule has 0 unspecified atom stereocenters. The average Bonchev–Trinajstić information content (AvgIpc) is 2.62. The van der Waals surface area contributed by atoms with Crippen molar-refractivity contribution in [3.63, 3.8) is 0 Å². The maximum Gasteiger partial charge on any atom is 0.427 e. The zero-order chi connectivity index (χ0) is 19.6. The van der Waals surface area contributed by atoms with Crippen molar-refractivity contribution >= 4 is 16.9 Å². The molecule has 1 heterocycles. The Morgan fingerprint density at radius 2 is 1.70 bits per heavy atom. The highest BCUT2D eigenvalue weighted by atomic mass is 16.6. The fraction of sp³-hybridized carbons (Fsp3) is 0.238. The second-order valence-corrected chi connectivity index (χ2v) is 7.10. The van der Waals surface area contributed by atoms with Crippen molar-refractivity contribution in [3.8, 4) is 17.0 Å². The molecule has 140 valence electrons. The molecule has 0 atom stereocenters. The van der Waals surface area contributed by atoms with Crippen molar-refractivity contribution in [1.82, 2.24) is 4.68 Å². The van der Waals surface area contributed by atoms with E-state index in [1.807, 2.05) is 30.3 Å². The van der Waals surface area contributed by atoms with Crippen LogP contribution < -0.4 is 15.7 Å². The first kappa shape index (κ1) is 18.5. The number of pyridine rings is 1. The second-order valence-electron chi connectivity index (χ2n) is 7.10. The number of ether oxygens (including phenoxy) is 2. The summed E-state index contributed by atoms with van der Waals surface area (Å²) in [6.07, 6.45) is -0.699. The topological polar surface area (TPSA) is 69.6 Å². The first-order valence-corrected chi connectivity index (χ1v) is 8.58. The van der Waals surface area contributed by atoms with E-state index in [1.54, 1.807) is 52.1 Å². The molecule has 0 spiro atoms. The molecule has 27 heavy (non-hydrogen) atoms. The summed E-state index contributed by atoms with van der Waals surface area (Å²) in [4.78, 5) is 25.3. The Hall–Kier alpha value is -3.28. The van der Waals surface area contributed by atoms with E-state index in [-0.39, 0.29) is 5.56 Å². The highest BCUT2D eigenvalue weighted by Gasteiger charge is 2.19. The molecule has 0 saturated carbocycles. The number of methoxy groups -OCH3 is 1. The van der Waals surface area contributed by atoms with Crippen molar-refractivity contribution in [1.29, 1.82) is 0 Å². The van der Waals surface area contributed by atoms with E-state index in [4.69, 9.17) is 9.47 Å². The quantitative estimate of drug-likeness (QED) is 0.756. The SMILES string of the molecule is COc1ccc(-c2cc3ccccc3c(=O)n2NC(=O)OC(C)(C)C)cc1. The summed E-state index contributed by atoms with van der Waals surface area (Å²) >= 11 is 0. The van der Waals surface area contributed by atoms with Crippen LogP contribution in [0, 0.1) is 0 Å². The predicted molar refractivity (Wildman–Crippen MR) is 106 cm³/mol. The van der Waals surface area contributed by atoms with Gasteiger partial charge in [-0.1, -0.05) is 18.2 Å². The van der Waals surface area contributed by atoms with Crippen LogP contribution in [0.3, 0.4) is 0 Å². The second kappa shape index (κ2) is 7.15. The Balaban J connectivity index is 2.14. The predicted octanol–water partition coefficient (Wildman–Crippen LogP) is 4.16. The molecule has 0 aliphatic heterocycles. The van der Waals surface area contributed by atoms with Crippen LogP contribution in [0.15, 0.2) is 59.4 Å². The van der Waals surface area contributed by atoms with Crippen LogP contribution >= 0.6 is 0 Å². The van der Waals surface area contributed by atoms with E-state index < -0.39 is 11.7 Å². The van der Waals surface area contributed by atoms with Crippen LogP contribution in [0.1, 0.15) is 20.8 Å². The van der Waals surface area contributed by atoms with Gasteiger partial charge in [-0.2, -0.15) is 0 Å². The zero-order valence-electron chi connectivity index (χ0n) is 15.8. The minimum atomic E-state index is -0.699. The minimum Gasteiger partial charge on any atom is -0.497 e. The Labute approximate surface area is 157 Å². The number of benzene rings is 2. The van der Waals surface area contributed by atoms with E-state index in [9.17, 15) is 9.59 Å². The van der Waals surface area contributed by atoms with Crippen LogP contribution in [0.2, 0.25) is 0 Å². The standard InChI is InChI=1S/C21H22N2O4/c1-21(2,3)27-20(25)22-23-18(14-9-11-16(26-4)12-10-14)13-15-7-5-6-8-17(15)19(23)24/h5-13H,1-4H3,(H,22,25). The molecule has 2 aromatic carbocycles. The molecule has 1 aromatic heterocycles. The van der Waals surface area contributed by atoms with Gasteiger partial charge in [0.25, 0.3) is 5.56 Å². The summed E-state index contributed by atoms with van der Waals surface area (Å²) in [5.41, 5.74) is 2.87. The van der Waals surface area contributed by atoms with Crippen LogP contribution in [0.4, 0.5) is 4.79 Å². The number of nitrogens with one attached hydrogen (secondary N) is 1. The number of hydrogen-bond donors (Lipinski definition) is 1. The summed E-state index contributed by atoms with van der Waals surface area (Å²) in [7, 11) is 1.59. The average molecular weight is 366 g/mol. The number of carbonyl (C=O) groups is 1. The molecular formula is C21H22N2O4. The van der Waals surface area contributed by atoms with Crippen molar-refractivity contribution < 1.29 is 14.3 Å². The maximum atomic E-state index is 13.0. The molecule has 0 fully saturated rings. The van der Waals surface area contributed by atoms with Gasteiger partial charge in [0.1, 0.15) is 11.4 Å². The molecule has 1 amide bonds. The Bertz CT molecular complexity index is 1030. The fourth-order valence-corrected chi connectivity index (χ4v) is 2.74. The number of carbonyl (C=O) groups excluding carboxylic acids is 1. The normalized spacial score (nSPS) is 11.3. The number of nitrogens with zero attached hydrogens (tertiary/aromatic N) is 1. The highest BCUT2D eigenvalue weighted by Crippen LogP contribution is 2.24. The van der Waals surface area contributed by atoms with Gasteiger partial charge in [0.15, 0.2) is 0 Å². The number of rotatable bonds is 3. The largest absolute Gasteiger partial charge is 0.497 e. The smallest absolute Gasteiger partial charge is 0.427 e. The van der Waals surface area contributed by atoms with Crippen LogP contribution in [0.5, 0.6) is 5.75 Å². The van der Waals surface area contributed by atoms with Gasteiger partial charge in [-0.3, -0.25) is 4.79 Å². The van der Waals surface area contributed by atoms with Crippen molar-refractivity contribution in [2.24, 2.45) is 0 Å². The molecule has 0 radical (unpaired) electrons. The molecular weight excluding hydrogens is 344 g/mol. The lowest BCUT2D eigenvalue weighted by molar-refractivity contribution is 0.0613. The van der Waals surface area contributed by atoms with Gasteiger partial charge >= 0.3 is 6.09 Å². The van der Waals surface area contributed by atoms with Crippen molar-refractivity contribution in [2.75, 3.05) is 12.5 Å². The number of hydrogen-bond acceptors (Lipinski definition) is 4. The van der Waals surface area contributed by atoms with Crippen LogP contribution in [-0.4, -0.2) is 23.5 Å². The summed E-state index contributed by atoms with van der Waals surface area (Å²) in [6.45, 7) is 5.29. The molecule has 3 aromatic rings. The lowest BCUT2D eigenvalue weighted by atomic mass is 10.1. The van der Waals surface area contributed by atoms with E-state index in [1.165, 1.54) is 4.68 Å². The monoisotopic (exact) mass is 366 g/mol. The van der Waals surface area contributed by atoms with Gasteiger partial charge in [-0.15, -0.1) is 0 Å². The molecule has 0 bridgehead atoms. The third-order valence-corrected chi connectivity index (χ3v) is 3.92. The molecule has 0 aliphatic carbocycles. The summed E-state index contributed by atoms with van der Waals surface area (Å²) in [6, 6.07) is 16.4. The highest BCUT2D eigenvalue weighted by molar-refractivity contribution is 5.87. The fourth-order valence-electron chi connectivity index (χ4n) is 2.74. The zero-order valence-corrected chi connectivity index (χ0v) is 15.8. The van der Waals surface area contributed by atoms with Gasteiger partial charge in [0.2, 0.25) is 0 Å². The molecule has 3 rings (SSSR count). The summed E-state index contributed by atoms with van der Waals surface area (Å²) in [5, 5.41) is 1.29. The lowest BCUT2D eigenvalue weighted by Gasteiger charge is -2.21. The Kier molecular flexibility index (Phi) is 4.90. The van der Waals surface area contributed by atoms with Gasteiger partial charge < -0.3 is 9.47 Å². The molecule has 6 nitrogen and oxygen atoms in total. The van der Waals surface area contributed by atoms with Crippen LogP contribution in [-0.2, 0) is 4.74 Å². The third kappa shape index (κ3) is 4.11. The first-order chi connectivity index (χ1) is 12.8. The van der Waals surface area contributed by atoms with Crippen LogP contribution in [0.25, 0.3) is 22.0 Å². The molecule has 6 heteroatoms. The van der Waals surface area contributed by atoms with E-state index in [0.717, 1.165) is 10.9 Å². The minimum absolute atomic E-state index is 0.329. The summed E-state index contributed by atoms with van der Waals surface area (Å²) in [5.74, 6) is 0.702. The summed E-state index contributed by atoms with van der Waals surface area (Å²) < 4.78 is 11.7. The van der Waals surface area contributed by atoms with E-state index in [0.29, 0.717) is 16.8 Å². The number of aromatic nitrogens is 1. The molecule has 0 aliphatic rings. The van der Waals surface area contributed by atoms with Crippen molar-refractivity contribution in [2.45, 2.75) is 26.4 Å². The molecule has 1 N–H and O–H groups in total. The van der Waals surface area contributed by atoms with Gasteiger partial charge in [-0.05, 0) is 62.6 Å². The third-order valence-electron chi connectivity index (χ3n) is 3.92. The van der Waals surface area contributed by atoms with E-state index in [2.05, 4.69) is 5.43 Å². The first-order valence-electron chi connectivity index (χ1n) is 8.58. The van der Waals surface area contributed by atoms with Gasteiger partial charge in [0.05, 0.1) is 12.8 Å². The molecule has 0 saturated heterocycles. The van der Waals surface area contributed by atoms with Crippen molar-refractivity contribution in [3.05, 3.63) is 65.0 Å². The van der Waals surface area contributed by atoms with Gasteiger partial charge in [0, 0.05) is 10.9 Å². The number of amides is 1. The number of fused-ring (bicyclic) bond motifs is 1. The van der Waals surface area contributed by atoms with E-state index >= 15 is 0 Å². The lowest BCUT2D eigenvalue weighted by Crippen LogP contribution is -2.37.